The summed E-state index contributed by atoms with van der Waals surface area (Å²) in [7, 11) is 0. The Bertz CT molecular complexity index is 374. The maximum atomic E-state index is 5.61. The van der Waals surface area contributed by atoms with E-state index < -0.39 is 0 Å². The molecule has 0 aromatic heterocycles. The van der Waals surface area contributed by atoms with E-state index in [1.54, 1.807) is 0 Å². The molecule has 1 aromatic carbocycles. The Morgan fingerprint density at radius 3 is 3.12 bits per heavy atom. The quantitative estimate of drug-likeness (QED) is 0.832. The van der Waals surface area contributed by atoms with Crippen LogP contribution in [-0.4, -0.2) is 32.3 Å². The second-order valence-corrected chi connectivity index (χ2v) is 4.96. The number of benzene rings is 1. The van der Waals surface area contributed by atoms with E-state index in [9.17, 15) is 0 Å². The summed E-state index contributed by atoms with van der Waals surface area (Å²) in [6.07, 6.45) is 2.88. The van der Waals surface area contributed by atoms with Crippen molar-refractivity contribution < 1.29 is 4.74 Å². The highest BCUT2D eigenvalue weighted by Gasteiger charge is 2.22. The molecule has 92 valence electrons. The molecular formula is C14H20N2O. The van der Waals surface area contributed by atoms with Crippen molar-refractivity contribution in [3.8, 4) is 0 Å². The van der Waals surface area contributed by atoms with Crippen molar-refractivity contribution in [3.05, 3.63) is 29.8 Å². The van der Waals surface area contributed by atoms with E-state index in [4.69, 9.17) is 4.74 Å². The number of anilines is 1. The van der Waals surface area contributed by atoms with Gasteiger partial charge in [-0.3, -0.25) is 0 Å². The average Bonchev–Trinajstić information content (AvgIpc) is 2.99. The fourth-order valence-corrected chi connectivity index (χ4v) is 2.76. The number of para-hydroxylation sites is 1. The molecule has 0 amide bonds. The molecule has 0 bridgehead atoms. The molecule has 0 aliphatic carbocycles. The van der Waals surface area contributed by atoms with Crippen molar-refractivity contribution in [2.75, 3.05) is 31.6 Å². The van der Waals surface area contributed by atoms with E-state index in [0.717, 1.165) is 26.2 Å². The molecule has 3 rings (SSSR count). The van der Waals surface area contributed by atoms with Gasteiger partial charge in [-0.15, -0.1) is 0 Å². The van der Waals surface area contributed by atoms with Crippen molar-refractivity contribution in [1.82, 2.24) is 5.32 Å². The largest absolute Gasteiger partial charge is 0.384 e. The monoisotopic (exact) mass is 232 g/mol. The Morgan fingerprint density at radius 2 is 2.24 bits per heavy atom. The lowest BCUT2D eigenvalue weighted by Gasteiger charge is -2.14. The van der Waals surface area contributed by atoms with Gasteiger partial charge in [-0.1, -0.05) is 18.2 Å². The molecule has 3 heteroatoms. The van der Waals surface area contributed by atoms with Crippen LogP contribution in [0.1, 0.15) is 24.3 Å². The van der Waals surface area contributed by atoms with Crippen molar-refractivity contribution in [2.45, 2.75) is 24.9 Å². The number of fused-ring (bicyclic) bond motifs is 1. The van der Waals surface area contributed by atoms with Gasteiger partial charge in [0.05, 0.1) is 6.10 Å². The topological polar surface area (TPSA) is 33.3 Å². The number of ether oxygens (including phenoxy) is 1. The normalized spacial score (nSPS) is 26.8. The maximum absolute atomic E-state index is 5.61. The third kappa shape index (κ3) is 2.45. The van der Waals surface area contributed by atoms with Crippen LogP contribution in [0.15, 0.2) is 24.3 Å². The van der Waals surface area contributed by atoms with E-state index in [2.05, 4.69) is 34.9 Å². The minimum atomic E-state index is 0.444. The van der Waals surface area contributed by atoms with Gasteiger partial charge in [0.2, 0.25) is 0 Å². The highest BCUT2D eigenvalue weighted by Crippen LogP contribution is 2.30. The zero-order valence-corrected chi connectivity index (χ0v) is 10.1. The molecule has 2 N–H and O–H groups in total. The lowest BCUT2D eigenvalue weighted by atomic mass is 10.0. The minimum Gasteiger partial charge on any atom is -0.384 e. The van der Waals surface area contributed by atoms with Gasteiger partial charge >= 0.3 is 0 Å². The van der Waals surface area contributed by atoms with Gasteiger partial charge in [0.1, 0.15) is 0 Å². The Kier molecular flexibility index (Phi) is 3.29. The van der Waals surface area contributed by atoms with Gasteiger partial charge in [-0.05, 0) is 24.5 Å². The first-order valence-electron chi connectivity index (χ1n) is 6.58. The first-order chi connectivity index (χ1) is 8.43. The fourth-order valence-electron chi connectivity index (χ4n) is 2.76. The van der Waals surface area contributed by atoms with Crippen LogP contribution in [0.5, 0.6) is 0 Å². The summed E-state index contributed by atoms with van der Waals surface area (Å²) in [4.78, 5) is 0. The molecule has 2 heterocycles. The highest BCUT2D eigenvalue weighted by atomic mass is 16.5. The molecule has 17 heavy (non-hydrogen) atoms. The average molecular weight is 232 g/mol. The third-order valence-electron chi connectivity index (χ3n) is 3.73. The molecule has 2 unspecified atom stereocenters. The molecule has 2 atom stereocenters. The maximum Gasteiger partial charge on any atom is 0.0700 e. The zero-order chi connectivity index (χ0) is 11.5. The SMILES string of the molecule is c1ccc2c(c1)NCC2CNCC1CCCO1. The molecule has 2 aliphatic rings. The van der Waals surface area contributed by atoms with Crippen LogP contribution in [0.2, 0.25) is 0 Å². The van der Waals surface area contributed by atoms with Crippen molar-refractivity contribution in [3.63, 3.8) is 0 Å². The second-order valence-electron chi connectivity index (χ2n) is 4.96. The van der Waals surface area contributed by atoms with E-state index in [-0.39, 0.29) is 0 Å². The predicted molar refractivity (Wildman–Crippen MR) is 69.5 cm³/mol. The summed E-state index contributed by atoms with van der Waals surface area (Å²) in [6, 6.07) is 8.61. The highest BCUT2D eigenvalue weighted by molar-refractivity contribution is 5.57. The molecule has 3 nitrogen and oxygen atoms in total. The van der Waals surface area contributed by atoms with Gasteiger partial charge < -0.3 is 15.4 Å². The van der Waals surface area contributed by atoms with E-state index in [1.807, 2.05) is 0 Å². The molecule has 0 radical (unpaired) electrons. The summed E-state index contributed by atoms with van der Waals surface area (Å²) in [5.41, 5.74) is 2.75. The summed E-state index contributed by atoms with van der Waals surface area (Å²) < 4.78 is 5.61. The smallest absolute Gasteiger partial charge is 0.0700 e. The molecule has 2 aliphatic heterocycles. The van der Waals surface area contributed by atoms with Gasteiger partial charge in [0.15, 0.2) is 0 Å². The van der Waals surface area contributed by atoms with E-state index >= 15 is 0 Å². The van der Waals surface area contributed by atoms with Gasteiger partial charge in [0.25, 0.3) is 0 Å². The number of hydrogen-bond donors (Lipinski definition) is 2. The van der Waals surface area contributed by atoms with Crippen LogP contribution in [-0.2, 0) is 4.74 Å². The molecule has 0 spiro atoms. The summed E-state index contributed by atoms with van der Waals surface area (Å²) in [5.74, 6) is 0.604. The first-order valence-corrected chi connectivity index (χ1v) is 6.58. The lowest BCUT2D eigenvalue weighted by Crippen LogP contribution is -2.30. The summed E-state index contributed by atoms with van der Waals surface area (Å²) in [6.45, 7) is 4.04. The van der Waals surface area contributed by atoms with E-state index in [0.29, 0.717) is 12.0 Å². The Balaban J connectivity index is 1.50. The van der Waals surface area contributed by atoms with Crippen molar-refractivity contribution in [2.24, 2.45) is 0 Å². The van der Waals surface area contributed by atoms with E-state index in [1.165, 1.54) is 24.1 Å². The lowest BCUT2D eigenvalue weighted by molar-refractivity contribution is 0.110. The number of rotatable bonds is 4. The van der Waals surface area contributed by atoms with Crippen LogP contribution in [0.25, 0.3) is 0 Å². The molecular weight excluding hydrogens is 212 g/mol. The van der Waals surface area contributed by atoms with Crippen molar-refractivity contribution in [1.29, 1.82) is 0 Å². The minimum absolute atomic E-state index is 0.444. The number of nitrogens with one attached hydrogen (secondary N) is 2. The third-order valence-corrected chi connectivity index (χ3v) is 3.73. The fraction of sp³-hybridized carbons (Fsp3) is 0.571. The van der Waals surface area contributed by atoms with Gasteiger partial charge in [0, 0.05) is 37.8 Å². The van der Waals surface area contributed by atoms with Gasteiger partial charge in [-0.2, -0.15) is 0 Å². The van der Waals surface area contributed by atoms with Crippen molar-refractivity contribution >= 4 is 5.69 Å². The summed E-state index contributed by atoms with van der Waals surface area (Å²) in [5, 5.41) is 7.00. The molecule has 1 fully saturated rings. The molecule has 0 saturated carbocycles. The van der Waals surface area contributed by atoms with Crippen LogP contribution < -0.4 is 10.6 Å². The Morgan fingerprint density at radius 1 is 1.29 bits per heavy atom. The number of hydrogen-bond acceptors (Lipinski definition) is 3. The van der Waals surface area contributed by atoms with Crippen LogP contribution in [0.4, 0.5) is 5.69 Å². The predicted octanol–water partition coefficient (Wildman–Crippen LogP) is 1.96. The van der Waals surface area contributed by atoms with Gasteiger partial charge in [-0.25, -0.2) is 0 Å². The molecule has 1 aromatic rings. The van der Waals surface area contributed by atoms with Crippen LogP contribution >= 0.6 is 0 Å². The van der Waals surface area contributed by atoms with Crippen LogP contribution in [0, 0.1) is 0 Å². The standard InChI is InChI=1S/C14H20N2O/c1-2-6-14-13(5-1)11(9-16-14)8-15-10-12-4-3-7-17-12/h1-2,5-6,11-12,15-16H,3-4,7-10H2. The second kappa shape index (κ2) is 5.07. The Labute approximate surface area is 103 Å². The zero-order valence-electron chi connectivity index (χ0n) is 10.1. The first kappa shape index (κ1) is 11.1. The summed E-state index contributed by atoms with van der Waals surface area (Å²) >= 11 is 0. The Hall–Kier alpha value is -1.06. The molecule has 1 saturated heterocycles. The van der Waals surface area contributed by atoms with Crippen LogP contribution in [0.3, 0.4) is 0 Å².